The molecule has 1 heterocycles. The number of carbonyl (C=O) groups excluding carboxylic acids is 1. The normalized spacial score (nSPS) is 24.0. The van der Waals surface area contributed by atoms with Crippen LogP contribution in [-0.2, 0) is 11.2 Å². The smallest absolute Gasteiger partial charge is 0.133 e. The summed E-state index contributed by atoms with van der Waals surface area (Å²) in [6, 6.07) is 3.88. The third-order valence-electron chi connectivity index (χ3n) is 5.03. The summed E-state index contributed by atoms with van der Waals surface area (Å²) in [5, 5.41) is 10.5. The summed E-state index contributed by atoms with van der Waals surface area (Å²) in [5.41, 5.74) is 1.92. The van der Waals surface area contributed by atoms with E-state index in [2.05, 4.69) is 19.1 Å². The van der Waals surface area contributed by atoms with E-state index in [-0.39, 0.29) is 5.92 Å². The molecular weight excluding hydrogens is 288 g/mol. The molecule has 23 heavy (non-hydrogen) atoms. The maximum Gasteiger partial charge on any atom is 0.133 e. The summed E-state index contributed by atoms with van der Waals surface area (Å²) in [4.78, 5) is 12.0. The minimum absolute atomic E-state index is 0.124. The number of Topliss-reactive ketones (excluding diaryl/α,β-unsaturated/α-hetero) is 1. The molecule has 1 aromatic carbocycles. The number of benzene rings is 1. The van der Waals surface area contributed by atoms with Gasteiger partial charge in [-0.05, 0) is 43.4 Å². The fraction of sp³-hybridized carbons (Fsp3) is 0.550. The van der Waals surface area contributed by atoms with Crippen LogP contribution in [0.3, 0.4) is 0 Å². The summed E-state index contributed by atoms with van der Waals surface area (Å²) in [5.74, 6) is 1.87. The average Bonchev–Trinajstić information content (AvgIpc) is 2.72. The lowest BCUT2D eigenvalue weighted by Crippen LogP contribution is -2.26. The van der Waals surface area contributed by atoms with Gasteiger partial charge in [-0.1, -0.05) is 25.5 Å². The third-order valence-corrected chi connectivity index (χ3v) is 5.03. The van der Waals surface area contributed by atoms with E-state index < -0.39 is 0 Å². The standard InChI is InChI=1S/C20H26O3/c1-2-3-4-5-7-14-10-18(22)20-17-12-16(21)9-6-8-15(17)13-23-19(20)11-14/h4-5,10-11,15,17,22H,2-3,6-9,12-13H2,1H3. The van der Waals surface area contributed by atoms with Crippen LogP contribution < -0.4 is 4.74 Å². The molecule has 3 nitrogen and oxygen atoms in total. The lowest BCUT2D eigenvalue weighted by atomic mass is 9.79. The quantitative estimate of drug-likeness (QED) is 0.831. The number of allylic oxidation sites excluding steroid dienone is 2. The van der Waals surface area contributed by atoms with Gasteiger partial charge in [-0.25, -0.2) is 0 Å². The lowest BCUT2D eigenvalue weighted by Gasteiger charge is -2.33. The van der Waals surface area contributed by atoms with Crippen LogP contribution in [0.15, 0.2) is 24.3 Å². The molecule has 1 fully saturated rings. The monoisotopic (exact) mass is 314 g/mol. The van der Waals surface area contributed by atoms with Crippen molar-refractivity contribution in [2.75, 3.05) is 6.61 Å². The highest BCUT2D eigenvalue weighted by Crippen LogP contribution is 2.47. The van der Waals surface area contributed by atoms with Crippen molar-refractivity contribution >= 4 is 5.78 Å². The molecule has 1 aliphatic heterocycles. The molecule has 0 amide bonds. The number of ketones is 1. The van der Waals surface area contributed by atoms with E-state index >= 15 is 0 Å². The molecule has 0 saturated heterocycles. The van der Waals surface area contributed by atoms with Gasteiger partial charge >= 0.3 is 0 Å². The zero-order valence-electron chi connectivity index (χ0n) is 13.9. The maximum atomic E-state index is 12.0. The van der Waals surface area contributed by atoms with E-state index in [1.807, 2.05) is 12.1 Å². The fourth-order valence-corrected chi connectivity index (χ4v) is 3.79. The van der Waals surface area contributed by atoms with E-state index in [1.165, 1.54) is 0 Å². The first-order valence-corrected chi connectivity index (χ1v) is 8.84. The lowest BCUT2D eigenvalue weighted by molar-refractivity contribution is -0.119. The van der Waals surface area contributed by atoms with Crippen LogP contribution in [0.2, 0.25) is 0 Å². The first-order chi connectivity index (χ1) is 11.2. The van der Waals surface area contributed by atoms with Crippen molar-refractivity contribution in [2.45, 2.75) is 57.8 Å². The Morgan fingerprint density at radius 2 is 2.22 bits per heavy atom. The molecule has 0 spiro atoms. The van der Waals surface area contributed by atoms with Crippen LogP contribution in [0.5, 0.6) is 11.5 Å². The van der Waals surface area contributed by atoms with Crippen LogP contribution in [0.25, 0.3) is 0 Å². The summed E-state index contributed by atoms with van der Waals surface area (Å²) in [6.45, 7) is 2.83. The van der Waals surface area contributed by atoms with Gasteiger partial charge in [-0.15, -0.1) is 0 Å². The molecule has 1 N–H and O–H groups in total. The van der Waals surface area contributed by atoms with Crippen molar-refractivity contribution in [3.8, 4) is 11.5 Å². The first kappa shape index (κ1) is 16.1. The number of phenolic OH excluding ortho intramolecular Hbond substituents is 1. The van der Waals surface area contributed by atoms with E-state index in [4.69, 9.17) is 4.74 Å². The Labute approximate surface area is 138 Å². The highest BCUT2D eigenvalue weighted by atomic mass is 16.5. The molecule has 2 atom stereocenters. The Kier molecular flexibility index (Phi) is 5.04. The highest BCUT2D eigenvalue weighted by molar-refractivity contribution is 5.80. The summed E-state index contributed by atoms with van der Waals surface area (Å²) >= 11 is 0. The van der Waals surface area contributed by atoms with Crippen LogP contribution in [0.4, 0.5) is 0 Å². The van der Waals surface area contributed by atoms with Crippen molar-refractivity contribution in [1.82, 2.24) is 0 Å². The minimum atomic E-state index is 0.124. The molecule has 1 aromatic rings. The summed E-state index contributed by atoms with van der Waals surface area (Å²) < 4.78 is 5.94. The predicted molar refractivity (Wildman–Crippen MR) is 91.1 cm³/mol. The van der Waals surface area contributed by atoms with E-state index in [1.54, 1.807) is 0 Å². The van der Waals surface area contributed by atoms with E-state index in [0.717, 1.165) is 49.0 Å². The number of fused-ring (bicyclic) bond motifs is 3. The van der Waals surface area contributed by atoms with Gasteiger partial charge < -0.3 is 9.84 Å². The second-order valence-electron chi connectivity index (χ2n) is 6.80. The maximum absolute atomic E-state index is 12.0. The zero-order valence-corrected chi connectivity index (χ0v) is 13.9. The molecule has 0 aromatic heterocycles. The second-order valence-corrected chi connectivity index (χ2v) is 6.80. The number of rotatable bonds is 4. The van der Waals surface area contributed by atoms with Gasteiger partial charge in [-0.2, -0.15) is 0 Å². The predicted octanol–water partition coefficient (Wildman–Crippen LogP) is 4.53. The van der Waals surface area contributed by atoms with E-state index in [9.17, 15) is 9.90 Å². The summed E-state index contributed by atoms with van der Waals surface area (Å²) in [6.07, 6.45) is 10.5. The summed E-state index contributed by atoms with van der Waals surface area (Å²) in [7, 11) is 0. The number of unbranched alkanes of at least 4 members (excludes halogenated alkanes) is 1. The van der Waals surface area contributed by atoms with Crippen LogP contribution in [0.1, 0.15) is 62.5 Å². The zero-order chi connectivity index (χ0) is 16.2. The van der Waals surface area contributed by atoms with Gasteiger partial charge in [-0.3, -0.25) is 4.79 Å². The number of carbonyl (C=O) groups is 1. The Balaban J connectivity index is 1.85. The van der Waals surface area contributed by atoms with Gasteiger partial charge in [0.05, 0.1) is 6.61 Å². The molecule has 1 aliphatic carbocycles. The van der Waals surface area contributed by atoms with Gasteiger partial charge in [0.2, 0.25) is 0 Å². The molecule has 3 rings (SSSR count). The Morgan fingerprint density at radius 3 is 3.04 bits per heavy atom. The number of phenols is 1. The fourth-order valence-electron chi connectivity index (χ4n) is 3.79. The topological polar surface area (TPSA) is 46.5 Å². The van der Waals surface area contributed by atoms with Crippen LogP contribution in [-0.4, -0.2) is 17.5 Å². The van der Waals surface area contributed by atoms with Crippen molar-refractivity contribution in [3.05, 3.63) is 35.4 Å². The van der Waals surface area contributed by atoms with Crippen molar-refractivity contribution in [1.29, 1.82) is 0 Å². The Morgan fingerprint density at radius 1 is 1.35 bits per heavy atom. The van der Waals surface area contributed by atoms with E-state index in [0.29, 0.717) is 36.9 Å². The van der Waals surface area contributed by atoms with Crippen LogP contribution >= 0.6 is 0 Å². The SMILES string of the molecule is CCCC=CCc1cc(O)c2c(c1)OCC1CCCC(=O)CC21. The molecule has 1 saturated carbocycles. The first-order valence-electron chi connectivity index (χ1n) is 8.84. The van der Waals surface area contributed by atoms with Gasteiger partial charge in [0, 0.05) is 30.2 Å². The van der Waals surface area contributed by atoms with Gasteiger partial charge in [0.15, 0.2) is 0 Å². The molecule has 0 radical (unpaired) electrons. The Hall–Kier alpha value is -1.77. The molecule has 124 valence electrons. The molecule has 2 aliphatic rings. The Bertz CT molecular complexity index is 603. The number of hydrogen-bond donors (Lipinski definition) is 1. The van der Waals surface area contributed by atoms with Crippen molar-refractivity contribution in [2.24, 2.45) is 5.92 Å². The molecular formula is C20H26O3. The molecule has 3 heteroatoms. The second kappa shape index (κ2) is 7.20. The third kappa shape index (κ3) is 3.60. The van der Waals surface area contributed by atoms with Crippen LogP contribution in [0, 0.1) is 5.92 Å². The van der Waals surface area contributed by atoms with Crippen molar-refractivity contribution < 1.29 is 14.6 Å². The minimum Gasteiger partial charge on any atom is -0.508 e. The number of hydrogen-bond acceptors (Lipinski definition) is 3. The molecule has 2 unspecified atom stereocenters. The van der Waals surface area contributed by atoms with Gasteiger partial charge in [0.1, 0.15) is 17.3 Å². The largest absolute Gasteiger partial charge is 0.508 e. The highest BCUT2D eigenvalue weighted by Gasteiger charge is 2.36. The van der Waals surface area contributed by atoms with Gasteiger partial charge in [0.25, 0.3) is 0 Å². The number of ether oxygens (including phenoxy) is 1. The number of aromatic hydroxyl groups is 1. The average molecular weight is 314 g/mol. The van der Waals surface area contributed by atoms with Crippen molar-refractivity contribution in [3.63, 3.8) is 0 Å². The molecule has 0 bridgehead atoms.